The van der Waals surface area contributed by atoms with Crippen LogP contribution in [-0.2, 0) is 4.74 Å². The number of nitrogens with one attached hydrogen (secondary N) is 1. The highest BCUT2D eigenvalue weighted by atomic mass is 35.5. The van der Waals surface area contributed by atoms with E-state index in [9.17, 15) is 9.18 Å². The van der Waals surface area contributed by atoms with Crippen LogP contribution in [0.5, 0.6) is 0 Å². The molecule has 1 saturated carbocycles. The summed E-state index contributed by atoms with van der Waals surface area (Å²) in [5, 5.41) is 3.17. The molecule has 27 heavy (non-hydrogen) atoms. The molecule has 1 amide bonds. The second-order valence-corrected chi connectivity index (χ2v) is 8.74. The summed E-state index contributed by atoms with van der Waals surface area (Å²) in [6, 6.07) is 3.93. The number of amides is 1. The van der Waals surface area contributed by atoms with Crippen LogP contribution >= 0.6 is 11.6 Å². The normalized spacial score (nSPS) is 23.0. The maximum Gasteiger partial charge on any atom is 0.251 e. The molecule has 3 aliphatic rings. The first kappa shape index (κ1) is 19.1. The van der Waals surface area contributed by atoms with Gasteiger partial charge in [0, 0.05) is 56.4 Å². The minimum atomic E-state index is -0.484. The molecule has 2 saturated heterocycles. The largest absolute Gasteiger partial charge is 0.379 e. The molecule has 0 radical (unpaired) electrons. The molecule has 4 rings (SSSR count). The Labute approximate surface area is 164 Å². The minimum absolute atomic E-state index is 0.245. The van der Waals surface area contributed by atoms with Crippen LogP contribution < -0.4 is 5.32 Å². The Bertz CT molecular complexity index is 662. The number of ether oxygens (including phenoxy) is 1. The molecule has 1 aromatic carbocycles. The lowest BCUT2D eigenvalue weighted by Crippen LogP contribution is -2.64. The molecule has 1 aromatic rings. The van der Waals surface area contributed by atoms with Crippen molar-refractivity contribution in [2.45, 2.75) is 12.8 Å². The third-order valence-electron chi connectivity index (χ3n) is 6.07. The van der Waals surface area contributed by atoms with Crippen molar-refractivity contribution < 1.29 is 13.9 Å². The summed E-state index contributed by atoms with van der Waals surface area (Å²) in [5.74, 6) is -0.209. The molecule has 1 spiro atoms. The first-order valence-electron chi connectivity index (χ1n) is 9.78. The molecule has 0 unspecified atom stereocenters. The molecular formula is C20H27ClFN3O2. The van der Waals surface area contributed by atoms with Crippen LogP contribution in [0.4, 0.5) is 4.39 Å². The number of hydrogen-bond donors (Lipinski definition) is 1. The van der Waals surface area contributed by atoms with E-state index in [1.807, 2.05) is 0 Å². The van der Waals surface area contributed by atoms with E-state index in [-0.39, 0.29) is 16.5 Å². The van der Waals surface area contributed by atoms with Gasteiger partial charge in [-0.1, -0.05) is 11.6 Å². The highest BCUT2D eigenvalue weighted by Crippen LogP contribution is 2.51. The van der Waals surface area contributed by atoms with Crippen LogP contribution in [0.1, 0.15) is 23.2 Å². The van der Waals surface area contributed by atoms with Gasteiger partial charge in [0.2, 0.25) is 0 Å². The summed E-state index contributed by atoms with van der Waals surface area (Å²) in [4.78, 5) is 17.2. The zero-order valence-corrected chi connectivity index (χ0v) is 16.3. The number of carbonyl (C=O) groups is 1. The zero-order chi connectivity index (χ0) is 18.9. The van der Waals surface area contributed by atoms with Crippen molar-refractivity contribution >= 4 is 17.5 Å². The van der Waals surface area contributed by atoms with Gasteiger partial charge in [-0.05, 0) is 42.4 Å². The number of morpholine rings is 1. The quantitative estimate of drug-likeness (QED) is 0.802. The van der Waals surface area contributed by atoms with Gasteiger partial charge in [-0.25, -0.2) is 4.39 Å². The van der Waals surface area contributed by atoms with Crippen LogP contribution in [0.3, 0.4) is 0 Å². The van der Waals surface area contributed by atoms with Gasteiger partial charge >= 0.3 is 0 Å². The van der Waals surface area contributed by atoms with E-state index in [2.05, 4.69) is 15.1 Å². The van der Waals surface area contributed by atoms with Gasteiger partial charge in [-0.15, -0.1) is 0 Å². The smallest absolute Gasteiger partial charge is 0.251 e. The van der Waals surface area contributed by atoms with Crippen LogP contribution in [-0.4, -0.2) is 74.7 Å². The lowest BCUT2D eigenvalue weighted by atomic mass is 9.57. The van der Waals surface area contributed by atoms with Crippen LogP contribution in [0.15, 0.2) is 18.2 Å². The number of likely N-dealkylation sites (tertiary alicyclic amines) is 1. The lowest BCUT2D eigenvalue weighted by molar-refractivity contribution is -0.0961. The van der Waals surface area contributed by atoms with Crippen molar-refractivity contribution in [3.8, 4) is 0 Å². The first-order chi connectivity index (χ1) is 13.0. The van der Waals surface area contributed by atoms with E-state index >= 15 is 0 Å². The predicted octanol–water partition coefficient (Wildman–Crippen LogP) is 2.25. The first-order valence-corrected chi connectivity index (χ1v) is 10.2. The van der Waals surface area contributed by atoms with E-state index in [0.717, 1.165) is 39.4 Å². The Kier molecular flexibility index (Phi) is 5.69. The topological polar surface area (TPSA) is 44.8 Å². The van der Waals surface area contributed by atoms with Gasteiger partial charge in [0.1, 0.15) is 5.82 Å². The average Bonchev–Trinajstić information content (AvgIpc) is 2.58. The van der Waals surface area contributed by atoms with Crippen molar-refractivity contribution in [1.29, 1.82) is 0 Å². The standard InChI is InChI=1S/C20H27ClFN3O2/c21-17-7-16(8-18(22)9-17)19(26)23-12-15-10-20(11-15)13-25(14-20)2-1-24-3-5-27-6-4-24/h7-9,15H,1-6,10-14H2,(H,23,26). The molecule has 3 fully saturated rings. The van der Waals surface area contributed by atoms with Crippen molar-refractivity contribution in [2.75, 3.05) is 59.0 Å². The molecule has 1 N–H and O–H groups in total. The van der Waals surface area contributed by atoms with Crippen molar-refractivity contribution in [3.63, 3.8) is 0 Å². The molecule has 5 nitrogen and oxygen atoms in total. The van der Waals surface area contributed by atoms with Gasteiger partial charge in [-0.3, -0.25) is 9.69 Å². The third kappa shape index (κ3) is 4.62. The molecular weight excluding hydrogens is 369 g/mol. The Morgan fingerprint density at radius 3 is 2.59 bits per heavy atom. The maximum atomic E-state index is 13.4. The average molecular weight is 396 g/mol. The fourth-order valence-corrected chi connectivity index (χ4v) is 4.98. The fraction of sp³-hybridized carbons (Fsp3) is 0.650. The Morgan fingerprint density at radius 2 is 1.89 bits per heavy atom. The number of halogens is 2. The summed E-state index contributed by atoms with van der Waals surface area (Å²) in [5.41, 5.74) is 0.759. The maximum absolute atomic E-state index is 13.4. The summed E-state index contributed by atoms with van der Waals surface area (Å²) in [6.45, 7) is 9.12. The molecule has 0 aromatic heterocycles. The minimum Gasteiger partial charge on any atom is -0.379 e. The molecule has 148 valence electrons. The van der Waals surface area contributed by atoms with E-state index in [0.29, 0.717) is 17.9 Å². The van der Waals surface area contributed by atoms with Gasteiger partial charge in [0.15, 0.2) is 0 Å². The Balaban J connectivity index is 1.13. The number of rotatable bonds is 6. The van der Waals surface area contributed by atoms with Gasteiger partial charge in [0.05, 0.1) is 13.2 Å². The molecule has 0 bridgehead atoms. The zero-order valence-electron chi connectivity index (χ0n) is 15.6. The molecule has 7 heteroatoms. The van der Waals surface area contributed by atoms with Gasteiger partial charge in [-0.2, -0.15) is 0 Å². The van der Waals surface area contributed by atoms with E-state index < -0.39 is 5.82 Å². The van der Waals surface area contributed by atoms with E-state index in [1.165, 1.54) is 44.1 Å². The summed E-state index contributed by atoms with van der Waals surface area (Å²) in [6.07, 6.45) is 2.34. The number of nitrogens with zero attached hydrogens (tertiary/aromatic N) is 2. The summed E-state index contributed by atoms with van der Waals surface area (Å²) in [7, 11) is 0. The monoisotopic (exact) mass is 395 g/mol. The summed E-state index contributed by atoms with van der Waals surface area (Å²) >= 11 is 5.81. The Hall–Kier alpha value is -1.21. The SMILES string of the molecule is O=C(NCC1CC2(C1)CN(CCN1CCOCC1)C2)c1cc(F)cc(Cl)c1. The number of carbonyl (C=O) groups excluding carboxylic acids is 1. The van der Waals surface area contributed by atoms with Gasteiger partial charge in [0.25, 0.3) is 5.91 Å². The highest BCUT2D eigenvalue weighted by Gasteiger charge is 2.51. The van der Waals surface area contributed by atoms with Crippen molar-refractivity contribution in [1.82, 2.24) is 15.1 Å². The van der Waals surface area contributed by atoms with Crippen molar-refractivity contribution in [3.05, 3.63) is 34.6 Å². The second-order valence-electron chi connectivity index (χ2n) is 8.31. The molecule has 0 atom stereocenters. The molecule has 2 heterocycles. The highest BCUT2D eigenvalue weighted by molar-refractivity contribution is 6.31. The van der Waals surface area contributed by atoms with Gasteiger partial charge < -0.3 is 15.0 Å². The molecule has 1 aliphatic carbocycles. The van der Waals surface area contributed by atoms with E-state index in [1.54, 1.807) is 0 Å². The third-order valence-corrected chi connectivity index (χ3v) is 6.29. The fourth-order valence-electron chi connectivity index (χ4n) is 4.76. The van der Waals surface area contributed by atoms with Crippen LogP contribution in [0, 0.1) is 17.2 Å². The number of hydrogen-bond acceptors (Lipinski definition) is 4. The number of benzene rings is 1. The Morgan fingerprint density at radius 1 is 1.19 bits per heavy atom. The van der Waals surface area contributed by atoms with Crippen LogP contribution in [0.2, 0.25) is 5.02 Å². The second kappa shape index (κ2) is 8.03. The predicted molar refractivity (Wildman–Crippen MR) is 103 cm³/mol. The van der Waals surface area contributed by atoms with E-state index in [4.69, 9.17) is 16.3 Å². The van der Waals surface area contributed by atoms with Crippen molar-refractivity contribution in [2.24, 2.45) is 11.3 Å². The molecule has 2 aliphatic heterocycles. The van der Waals surface area contributed by atoms with Crippen LogP contribution in [0.25, 0.3) is 0 Å². The lowest BCUT2D eigenvalue weighted by Gasteiger charge is -2.59. The summed E-state index contributed by atoms with van der Waals surface area (Å²) < 4.78 is 18.7.